The van der Waals surface area contributed by atoms with Gasteiger partial charge in [-0.25, -0.2) is 8.78 Å². The number of halogens is 2. The molecule has 0 amide bonds. The first-order chi connectivity index (χ1) is 4.72. The molecule has 0 bridgehead atoms. The van der Waals surface area contributed by atoms with Crippen LogP contribution in [0.2, 0.25) is 0 Å². The van der Waals surface area contributed by atoms with E-state index in [-0.39, 0.29) is 0 Å². The summed E-state index contributed by atoms with van der Waals surface area (Å²) in [6, 6.07) is -1.09. The van der Waals surface area contributed by atoms with Crippen molar-refractivity contribution in [3.63, 3.8) is 0 Å². The minimum absolute atomic E-state index is 0.417. The van der Waals surface area contributed by atoms with Crippen molar-refractivity contribution >= 4 is 0 Å². The molecule has 1 fully saturated rings. The molecule has 10 heavy (non-hydrogen) atoms. The van der Waals surface area contributed by atoms with Crippen LogP contribution in [0.4, 0.5) is 8.78 Å². The zero-order chi connectivity index (χ0) is 7.56. The molecule has 1 rings (SSSR count). The van der Waals surface area contributed by atoms with Crippen molar-refractivity contribution in [2.45, 2.75) is 31.4 Å². The summed E-state index contributed by atoms with van der Waals surface area (Å²) in [7, 11) is 0. The lowest BCUT2D eigenvalue weighted by atomic mass is 10.1. The topological polar surface area (TPSA) is 35.2 Å². The van der Waals surface area contributed by atoms with E-state index in [2.05, 4.69) is 0 Å². The highest BCUT2D eigenvalue weighted by Gasteiger charge is 2.29. The van der Waals surface area contributed by atoms with Gasteiger partial charge in [0.15, 0.2) is 0 Å². The quantitative estimate of drug-likeness (QED) is 0.632. The van der Waals surface area contributed by atoms with Gasteiger partial charge in [0, 0.05) is 6.61 Å². The van der Waals surface area contributed by atoms with Crippen LogP contribution in [-0.2, 0) is 4.74 Å². The Kier molecular flexibility index (Phi) is 2.56. The van der Waals surface area contributed by atoms with Gasteiger partial charge in [-0.3, -0.25) is 0 Å². The molecule has 0 aromatic rings. The van der Waals surface area contributed by atoms with Crippen LogP contribution in [0.1, 0.15) is 12.8 Å². The van der Waals surface area contributed by atoms with E-state index in [1.807, 2.05) is 0 Å². The standard InChI is InChI=1S/C6H11F2NO/c7-6(8)5(9)4-2-1-3-10-4/h4-6H,1-3,9H2. The molecule has 1 heterocycles. The van der Waals surface area contributed by atoms with Crippen LogP contribution < -0.4 is 5.73 Å². The van der Waals surface area contributed by atoms with Gasteiger partial charge in [0.2, 0.25) is 0 Å². The molecule has 2 N–H and O–H groups in total. The molecule has 0 aromatic heterocycles. The maximum absolute atomic E-state index is 11.9. The largest absolute Gasteiger partial charge is 0.376 e. The van der Waals surface area contributed by atoms with Gasteiger partial charge in [0.1, 0.15) is 0 Å². The van der Waals surface area contributed by atoms with E-state index < -0.39 is 18.6 Å². The second-order valence-electron chi connectivity index (χ2n) is 2.46. The third-order valence-electron chi connectivity index (χ3n) is 1.69. The van der Waals surface area contributed by atoms with E-state index in [9.17, 15) is 8.78 Å². The molecule has 1 saturated heterocycles. The average molecular weight is 151 g/mol. The fourth-order valence-electron chi connectivity index (χ4n) is 1.07. The lowest BCUT2D eigenvalue weighted by Gasteiger charge is -2.16. The molecule has 0 saturated carbocycles. The molecular weight excluding hydrogens is 140 g/mol. The summed E-state index contributed by atoms with van der Waals surface area (Å²) >= 11 is 0. The minimum Gasteiger partial charge on any atom is -0.376 e. The van der Waals surface area contributed by atoms with E-state index in [0.717, 1.165) is 6.42 Å². The SMILES string of the molecule is NC(C(F)F)C1CCCO1. The van der Waals surface area contributed by atoms with Crippen LogP contribution in [0, 0.1) is 0 Å². The van der Waals surface area contributed by atoms with E-state index in [0.29, 0.717) is 13.0 Å². The van der Waals surface area contributed by atoms with Crippen LogP contribution >= 0.6 is 0 Å². The zero-order valence-electron chi connectivity index (χ0n) is 5.59. The molecule has 4 heteroatoms. The van der Waals surface area contributed by atoms with Crippen molar-refractivity contribution < 1.29 is 13.5 Å². The molecule has 60 valence electrons. The van der Waals surface area contributed by atoms with Crippen LogP contribution in [0.3, 0.4) is 0 Å². The van der Waals surface area contributed by atoms with Crippen LogP contribution in [0.15, 0.2) is 0 Å². The molecule has 0 spiro atoms. The van der Waals surface area contributed by atoms with Crippen molar-refractivity contribution in [1.29, 1.82) is 0 Å². The number of alkyl halides is 2. The summed E-state index contributed by atoms with van der Waals surface area (Å²) in [4.78, 5) is 0. The van der Waals surface area contributed by atoms with E-state index in [1.165, 1.54) is 0 Å². The molecule has 2 atom stereocenters. The lowest BCUT2D eigenvalue weighted by Crippen LogP contribution is -2.40. The van der Waals surface area contributed by atoms with Gasteiger partial charge in [0.25, 0.3) is 6.43 Å². The van der Waals surface area contributed by atoms with Crippen molar-refractivity contribution in [3.8, 4) is 0 Å². The molecular formula is C6H11F2NO. The van der Waals surface area contributed by atoms with Gasteiger partial charge in [-0.1, -0.05) is 0 Å². The predicted octanol–water partition coefficient (Wildman–Crippen LogP) is 0.758. The third kappa shape index (κ3) is 1.64. The van der Waals surface area contributed by atoms with Gasteiger partial charge < -0.3 is 10.5 Å². The normalized spacial score (nSPS) is 29.4. The Morgan fingerprint density at radius 1 is 1.50 bits per heavy atom. The number of hydrogen-bond donors (Lipinski definition) is 1. The van der Waals surface area contributed by atoms with Crippen LogP contribution in [0.25, 0.3) is 0 Å². The molecule has 2 unspecified atom stereocenters. The Bertz CT molecular complexity index is 104. The predicted molar refractivity (Wildman–Crippen MR) is 33.0 cm³/mol. The van der Waals surface area contributed by atoms with Crippen LogP contribution in [-0.4, -0.2) is 25.2 Å². The smallest absolute Gasteiger partial charge is 0.256 e. The van der Waals surface area contributed by atoms with Crippen molar-refractivity contribution in [3.05, 3.63) is 0 Å². The summed E-state index contributed by atoms with van der Waals surface area (Å²) in [5, 5.41) is 0. The van der Waals surface area contributed by atoms with Crippen molar-refractivity contribution in [2.75, 3.05) is 6.61 Å². The van der Waals surface area contributed by atoms with Crippen molar-refractivity contribution in [1.82, 2.24) is 0 Å². The summed E-state index contributed by atoms with van der Waals surface area (Å²) in [6.45, 7) is 0.574. The minimum atomic E-state index is -2.46. The lowest BCUT2D eigenvalue weighted by molar-refractivity contribution is 0.0178. The van der Waals surface area contributed by atoms with Gasteiger partial charge in [0.05, 0.1) is 12.1 Å². The Morgan fingerprint density at radius 2 is 2.20 bits per heavy atom. The average Bonchev–Trinajstić information content (AvgIpc) is 2.36. The Balaban J connectivity index is 2.32. The third-order valence-corrected chi connectivity index (χ3v) is 1.69. The van der Waals surface area contributed by atoms with Crippen molar-refractivity contribution in [2.24, 2.45) is 5.73 Å². The number of ether oxygens (including phenoxy) is 1. The molecule has 0 radical (unpaired) electrons. The first-order valence-corrected chi connectivity index (χ1v) is 3.37. The molecule has 1 aliphatic rings. The summed E-state index contributed by atoms with van der Waals surface area (Å²) < 4.78 is 28.7. The highest BCUT2D eigenvalue weighted by atomic mass is 19.3. The number of nitrogens with two attached hydrogens (primary N) is 1. The van der Waals surface area contributed by atoms with E-state index in [4.69, 9.17) is 10.5 Å². The second kappa shape index (κ2) is 3.25. The summed E-state index contributed by atoms with van der Waals surface area (Å²) in [6.07, 6.45) is -1.35. The van der Waals surface area contributed by atoms with E-state index >= 15 is 0 Å². The Labute approximate surface area is 58.3 Å². The summed E-state index contributed by atoms with van der Waals surface area (Å²) in [5.74, 6) is 0. The maximum atomic E-state index is 11.9. The van der Waals surface area contributed by atoms with Gasteiger partial charge in [-0.05, 0) is 12.8 Å². The molecule has 0 aromatic carbocycles. The highest BCUT2D eigenvalue weighted by molar-refractivity contribution is 4.78. The molecule has 1 aliphatic heterocycles. The fraction of sp³-hybridized carbons (Fsp3) is 1.00. The fourth-order valence-corrected chi connectivity index (χ4v) is 1.07. The first kappa shape index (κ1) is 7.88. The number of rotatable bonds is 2. The zero-order valence-corrected chi connectivity index (χ0v) is 5.59. The number of hydrogen-bond acceptors (Lipinski definition) is 2. The van der Waals surface area contributed by atoms with Gasteiger partial charge in [-0.15, -0.1) is 0 Å². The monoisotopic (exact) mass is 151 g/mol. The van der Waals surface area contributed by atoms with Gasteiger partial charge in [-0.2, -0.15) is 0 Å². The Morgan fingerprint density at radius 3 is 2.60 bits per heavy atom. The summed E-state index contributed by atoms with van der Waals surface area (Å²) in [5.41, 5.74) is 5.15. The highest BCUT2D eigenvalue weighted by Crippen LogP contribution is 2.17. The second-order valence-corrected chi connectivity index (χ2v) is 2.46. The molecule has 0 aliphatic carbocycles. The first-order valence-electron chi connectivity index (χ1n) is 3.37. The Hall–Kier alpha value is -0.220. The van der Waals surface area contributed by atoms with E-state index in [1.54, 1.807) is 0 Å². The maximum Gasteiger partial charge on any atom is 0.256 e. The molecule has 2 nitrogen and oxygen atoms in total. The van der Waals surface area contributed by atoms with Crippen LogP contribution in [0.5, 0.6) is 0 Å². The van der Waals surface area contributed by atoms with Gasteiger partial charge >= 0.3 is 0 Å².